The minimum atomic E-state index is 0.104. The molecule has 1 amide bonds. The van der Waals surface area contributed by atoms with Crippen LogP contribution < -0.4 is 5.32 Å². The van der Waals surface area contributed by atoms with E-state index in [1.807, 2.05) is 12.1 Å². The molecule has 0 aromatic heterocycles. The summed E-state index contributed by atoms with van der Waals surface area (Å²) in [5.74, 6) is 0.505. The number of carbonyl (C=O) groups is 1. The van der Waals surface area contributed by atoms with Crippen LogP contribution in [0.2, 0.25) is 0 Å². The molecule has 0 fully saturated rings. The van der Waals surface area contributed by atoms with Crippen molar-refractivity contribution >= 4 is 11.6 Å². The van der Waals surface area contributed by atoms with Crippen molar-refractivity contribution in [2.45, 2.75) is 46.5 Å². The Hall–Kier alpha value is -1.31. The maximum Gasteiger partial charge on any atom is 0.224 e. The number of amides is 1. The first kappa shape index (κ1) is 13.8. The van der Waals surface area contributed by atoms with Gasteiger partial charge in [-0.25, -0.2) is 0 Å². The van der Waals surface area contributed by atoms with Gasteiger partial charge in [0.2, 0.25) is 5.91 Å². The average molecular weight is 233 g/mol. The number of rotatable bonds is 6. The highest BCUT2D eigenvalue weighted by Crippen LogP contribution is 2.14. The predicted molar refractivity (Wildman–Crippen MR) is 73.1 cm³/mol. The van der Waals surface area contributed by atoms with Gasteiger partial charge >= 0.3 is 0 Å². The summed E-state index contributed by atoms with van der Waals surface area (Å²) in [6, 6.07) is 8.16. The molecule has 0 spiro atoms. The van der Waals surface area contributed by atoms with E-state index in [1.54, 1.807) is 0 Å². The zero-order valence-electron chi connectivity index (χ0n) is 11.1. The molecule has 17 heavy (non-hydrogen) atoms. The number of anilines is 1. The number of nitrogens with one attached hydrogen (secondary N) is 1. The van der Waals surface area contributed by atoms with E-state index in [4.69, 9.17) is 0 Å². The Bertz CT molecular complexity index is 358. The number of benzene rings is 1. The van der Waals surface area contributed by atoms with Gasteiger partial charge < -0.3 is 5.32 Å². The monoisotopic (exact) mass is 233 g/mol. The summed E-state index contributed by atoms with van der Waals surface area (Å²) in [6.07, 6.45) is 4.07. The highest BCUT2D eigenvalue weighted by molar-refractivity contribution is 5.90. The molecule has 1 aromatic rings. The Kier molecular flexibility index (Phi) is 5.75. The van der Waals surface area contributed by atoms with Gasteiger partial charge in [-0.15, -0.1) is 0 Å². The van der Waals surface area contributed by atoms with Gasteiger partial charge in [0.05, 0.1) is 0 Å². The molecule has 1 aromatic carbocycles. The lowest BCUT2D eigenvalue weighted by Crippen LogP contribution is -2.13. The van der Waals surface area contributed by atoms with Crippen LogP contribution >= 0.6 is 0 Å². The smallest absolute Gasteiger partial charge is 0.224 e. The minimum absolute atomic E-state index is 0.104. The van der Waals surface area contributed by atoms with Crippen molar-refractivity contribution in [2.75, 3.05) is 5.32 Å². The van der Waals surface area contributed by atoms with Crippen LogP contribution in [0.25, 0.3) is 0 Å². The van der Waals surface area contributed by atoms with E-state index >= 15 is 0 Å². The molecule has 1 N–H and O–H groups in total. The van der Waals surface area contributed by atoms with Crippen LogP contribution in [0.5, 0.6) is 0 Å². The maximum atomic E-state index is 11.6. The SMILES string of the molecule is CCCCc1cccc(NC(=O)CC(C)C)c1. The lowest BCUT2D eigenvalue weighted by atomic mass is 10.1. The van der Waals surface area contributed by atoms with E-state index in [0.717, 1.165) is 12.1 Å². The van der Waals surface area contributed by atoms with Crippen molar-refractivity contribution in [2.24, 2.45) is 5.92 Å². The molecule has 0 bridgehead atoms. The first-order chi connectivity index (χ1) is 8.11. The largest absolute Gasteiger partial charge is 0.326 e. The topological polar surface area (TPSA) is 29.1 Å². The third-order valence-corrected chi connectivity index (χ3v) is 2.62. The molecule has 0 saturated heterocycles. The molecule has 0 saturated carbocycles. The van der Waals surface area contributed by atoms with Gasteiger partial charge in [0.15, 0.2) is 0 Å². The lowest BCUT2D eigenvalue weighted by molar-refractivity contribution is -0.116. The van der Waals surface area contributed by atoms with Crippen LogP contribution in [0.15, 0.2) is 24.3 Å². The van der Waals surface area contributed by atoms with Crippen LogP contribution in [-0.4, -0.2) is 5.91 Å². The average Bonchev–Trinajstić information content (AvgIpc) is 2.25. The van der Waals surface area contributed by atoms with Crippen molar-refractivity contribution in [1.82, 2.24) is 0 Å². The second kappa shape index (κ2) is 7.10. The Morgan fingerprint density at radius 1 is 1.35 bits per heavy atom. The zero-order valence-corrected chi connectivity index (χ0v) is 11.1. The molecular formula is C15H23NO. The third-order valence-electron chi connectivity index (χ3n) is 2.62. The summed E-state index contributed by atoms with van der Waals surface area (Å²) >= 11 is 0. The number of hydrogen-bond acceptors (Lipinski definition) is 1. The Morgan fingerprint density at radius 3 is 2.76 bits per heavy atom. The highest BCUT2D eigenvalue weighted by atomic mass is 16.1. The summed E-state index contributed by atoms with van der Waals surface area (Å²) in [6.45, 7) is 6.29. The number of carbonyl (C=O) groups excluding carboxylic acids is 1. The number of aryl methyl sites for hydroxylation is 1. The summed E-state index contributed by atoms with van der Waals surface area (Å²) in [5, 5.41) is 2.95. The molecule has 1 rings (SSSR count). The fraction of sp³-hybridized carbons (Fsp3) is 0.533. The first-order valence-corrected chi connectivity index (χ1v) is 6.50. The van der Waals surface area contributed by atoms with Crippen LogP contribution in [0.3, 0.4) is 0 Å². The summed E-state index contributed by atoms with van der Waals surface area (Å²) in [5.41, 5.74) is 2.22. The van der Waals surface area contributed by atoms with E-state index in [2.05, 4.69) is 38.2 Å². The molecule has 0 aliphatic heterocycles. The Morgan fingerprint density at radius 2 is 2.12 bits per heavy atom. The standard InChI is InChI=1S/C15H23NO/c1-4-5-7-13-8-6-9-14(11-13)16-15(17)10-12(2)3/h6,8-9,11-12H,4-5,7,10H2,1-3H3,(H,16,17). The molecule has 0 radical (unpaired) electrons. The van der Waals surface area contributed by atoms with Crippen molar-refractivity contribution in [3.8, 4) is 0 Å². The fourth-order valence-corrected chi connectivity index (χ4v) is 1.77. The van der Waals surface area contributed by atoms with E-state index in [-0.39, 0.29) is 5.91 Å². The van der Waals surface area contributed by atoms with Gasteiger partial charge in [-0.3, -0.25) is 4.79 Å². The normalized spacial score (nSPS) is 10.6. The molecule has 0 aliphatic rings. The van der Waals surface area contributed by atoms with E-state index in [1.165, 1.54) is 18.4 Å². The van der Waals surface area contributed by atoms with Crippen LogP contribution in [0.1, 0.15) is 45.6 Å². The van der Waals surface area contributed by atoms with Crippen molar-refractivity contribution in [3.63, 3.8) is 0 Å². The van der Waals surface area contributed by atoms with Crippen molar-refractivity contribution in [1.29, 1.82) is 0 Å². The molecular weight excluding hydrogens is 210 g/mol. The van der Waals surface area contributed by atoms with Crippen LogP contribution in [0.4, 0.5) is 5.69 Å². The number of unbranched alkanes of at least 4 members (excludes halogenated alkanes) is 1. The molecule has 2 heteroatoms. The van der Waals surface area contributed by atoms with Gasteiger partial charge in [0, 0.05) is 12.1 Å². The fourth-order valence-electron chi connectivity index (χ4n) is 1.77. The highest BCUT2D eigenvalue weighted by Gasteiger charge is 2.05. The summed E-state index contributed by atoms with van der Waals surface area (Å²) in [4.78, 5) is 11.6. The Labute approximate surface area is 104 Å². The van der Waals surface area contributed by atoms with Gasteiger partial charge in [0.1, 0.15) is 0 Å². The second-order valence-corrected chi connectivity index (χ2v) is 4.95. The van der Waals surface area contributed by atoms with Crippen LogP contribution in [-0.2, 0) is 11.2 Å². The van der Waals surface area contributed by atoms with E-state index in [9.17, 15) is 4.79 Å². The molecule has 2 nitrogen and oxygen atoms in total. The van der Waals surface area contributed by atoms with Gasteiger partial charge in [-0.05, 0) is 36.5 Å². The maximum absolute atomic E-state index is 11.6. The molecule has 0 unspecified atom stereocenters. The Balaban J connectivity index is 2.56. The van der Waals surface area contributed by atoms with Crippen molar-refractivity contribution in [3.05, 3.63) is 29.8 Å². The summed E-state index contributed by atoms with van der Waals surface area (Å²) < 4.78 is 0. The molecule has 0 heterocycles. The predicted octanol–water partition coefficient (Wildman–Crippen LogP) is 4.01. The first-order valence-electron chi connectivity index (χ1n) is 6.50. The van der Waals surface area contributed by atoms with Crippen molar-refractivity contribution < 1.29 is 4.79 Å². The molecule has 94 valence electrons. The zero-order chi connectivity index (χ0) is 12.7. The third kappa shape index (κ3) is 5.53. The summed E-state index contributed by atoms with van der Waals surface area (Å²) in [7, 11) is 0. The van der Waals surface area contributed by atoms with E-state index in [0.29, 0.717) is 12.3 Å². The van der Waals surface area contributed by atoms with Gasteiger partial charge in [-0.1, -0.05) is 39.3 Å². The van der Waals surface area contributed by atoms with E-state index < -0.39 is 0 Å². The molecule has 0 aliphatic carbocycles. The lowest BCUT2D eigenvalue weighted by Gasteiger charge is -2.08. The van der Waals surface area contributed by atoms with Gasteiger partial charge in [-0.2, -0.15) is 0 Å². The quantitative estimate of drug-likeness (QED) is 0.790. The second-order valence-electron chi connectivity index (χ2n) is 4.95. The minimum Gasteiger partial charge on any atom is -0.326 e. The van der Waals surface area contributed by atoms with Gasteiger partial charge in [0.25, 0.3) is 0 Å². The molecule has 0 atom stereocenters. The van der Waals surface area contributed by atoms with Crippen LogP contribution in [0, 0.1) is 5.92 Å². The number of hydrogen-bond donors (Lipinski definition) is 1.